The van der Waals surface area contributed by atoms with E-state index in [4.69, 9.17) is 0 Å². The van der Waals surface area contributed by atoms with E-state index in [2.05, 4.69) is 10.1 Å². The lowest BCUT2D eigenvalue weighted by atomic mass is 9.90. The number of carbonyl (C=O) groups is 1. The fourth-order valence-corrected chi connectivity index (χ4v) is 4.40. The van der Waals surface area contributed by atoms with Gasteiger partial charge in [0.15, 0.2) is 5.65 Å². The summed E-state index contributed by atoms with van der Waals surface area (Å²) >= 11 is 0. The smallest absolute Gasteiger partial charge is 0.342 e. The van der Waals surface area contributed by atoms with E-state index in [0.29, 0.717) is 37.3 Å². The molecule has 1 aliphatic heterocycles. The Hall–Kier alpha value is -2.90. The third kappa shape index (κ3) is 4.29. The predicted molar refractivity (Wildman–Crippen MR) is 111 cm³/mol. The second-order valence-electron chi connectivity index (χ2n) is 8.11. The van der Waals surface area contributed by atoms with Gasteiger partial charge in [-0.05, 0) is 37.8 Å². The van der Waals surface area contributed by atoms with Crippen molar-refractivity contribution in [3.8, 4) is 0 Å². The summed E-state index contributed by atoms with van der Waals surface area (Å²) in [6.45, 7) is 4.60. The van der Waals surface area contributed by atoms with Crippen molar-refractivity contribution in [2.24, 2.45) is 0 Å². The fourth-order valence-electron chi connectivity index (χ4n) is 4.40. The lowest BCUT2D eigenvalue weighted by Gasteiger charge is -2.35. The molecule has 0 radical (unpaired) electrons. The van der Waals surface area contributed by atoms with Crippen molar-refractivity contribution in [3.05, 3.63) is 65.1 Å². The van der Waals surface area contributed by atoms with Crippen LogP contribution in [0.25, 0.3) is 5.65 Å². The topological polar surface area (TPSA) is 50.5 Å². The molecule has 0 spiro atoms. The van der Waals surface area contributed by atoms with E-state index >= 15 is 0 Å². The number of aryl methyl sites for hydroxylation is 1. The molecule has 8 heteroatoms. The Balaban J connectivity index is 1.63. The Morgan fingerprint density at radius 3 is 2.65 bits per heavy atom. The van der Waals surface area contributed by atoms with Crippen LogP contribution in [0.3, 0.4) is 0 Å². The van der Waals surface area contributed by atoms with Gasteiger partial charge in [-0.1, -0.05) is 37.3 Å². The lowest BCUT2D eigenvalue weighted by Crippen LogP contribution is -2.41. The number of nitrogens with zero attached hydrogens (tertiary/aromatic N) is 4. The molecule has 0 N–H and O–H groups in total. The van der Waals surface area contributed by atoms with Gasteiger partial charge >= 0.3 is 6.18 Å². The van der Waals surface area contributed by atoms with Crippen molar-refractivity contribution in [1.82, 2.24) is 19.5 Å². The van der Waals surface area contributed by atoms with Crippen LogP contribution in [-0.2, 0) is 11.0 Å². The normalized spacial score (nSPS) is 18.4. The van der Waals surface area contributed by atoms with Crippen molar-refractivity contribution in [1.29, 1.82) is 0 Å². The third-order valence-electron chi connectivity index (χ3n) is 5.92. The monoisotopic (exact) mass is 430 g/mol. The Morgan fingerprint density at radius 2 is 1.97 bits per heavy atom. The van der Waals surface area contributed by atoms with E-state index in [9.17, 15) is 18.0 Å². The minimum atomic E-state index is -4.54. The number of amides is 1. The van der Waals surface area contributed by atoms with Crippen molar-refractivity contribution < 1.29 is 18.0 Å². The van der Waals surface area contributed by atoms with E-state index in [0.717, 1.165) is 22.6 Å². The van der Waals surface area contributed by atoms with Gasteiger partial charge in [0.25, 0.3) is 0 Å². The molecule has 2 atom stereocenters. The van der Waals surface area contributed by atoms with Gasteiger partial charge in [0, 0.05) is 30.8 Å². The van der Waals surface area contributed by atoms with E-state index < -0.39 is 11.9 Å². The molecule has 0 saturated carbocycles. The summed E-state index contributed by atoms with van der Waals surface area (Å²) in [6, 6.07) is 12.3. The highest BCUT2D eigenvalue weighted by Crippen LogP contribution is 2.34. The number of hydrogen-bond donors (Lipinski definition) is 0. The molecular weight excluding hydrogens is 405 g/mol. The molecule has 164 valence electrons. The largest absolute Gasteiger partial charge is 0.433 e. The highest BCUT2D eigenvalue weighted by molar-refractivity contribution is 5.83. The van der Waals surface area contributed by atoms with Crippen molar-refractivity contribution in [2.45, 2.75) is 51.1 Å². The standard InChI is InChI=1S/C23H25F3N4O/c1-3-18(16-8-5-4-6-9-16)22(31)29-11-7-10-17(14-29)19-13-20(23(24,25)26)30-21(27-19)12-15(2)28-30/h4-6,8-9,12-13,17-18H,3,7,10-11,14H2,1-2H3/t17-,18+/m0/s1. The first-order valence-corrected chi connectivity index (χ1v) is 10.6. The zero-order valence-electron chi connectivity index (χ0n) is 17.6. The van der Waals surface area contributed by atoms with Crippen LogP contribution in [0.1, 0.15) is 60.7 Å². The summed E-state index contributed by atoms with van der Waals surface area (Å²) < 4.78 is 41.9. The predicted octanol–water partition coefficient (Wildman–Crippen LogP) is 4.96. The summed E-state index contributed by atoms with van der Waals surface area (Å²) in [7, 11) is 0. The van der Waals surface area contributed by atoms with Gasteiger partial charge in [0.2, 0.25) is 5.91 Å². The number of fused-ring (bicyclic) bond motifs is 1. The van der Waals surface area contributed by atoms with Gasteiger partial charge in [-0.15, -0.1) is 0 Å². The highest BCUT2D eigenvalue weighted by atomic mass is 19.4. The average Bonchev–Trinajstić information content (AvgIpc) is 3.13. The van der Waals surface area contributed by atoms with Gasteiger partial charge in [0.05, 0.1) is 11.6 Å². The molecule has 1 aromatic carbocycles. The molecule has 31 heavy (non-hydrogen) atoms. The summed E-state index contributed by atoms with van der Waals surface area (Å²) in [5.74, 6) is -0.471. The fraction of sp³-hybridized carbons (Fsp3) is 0.435. The van der Waals surface area contributed by atoms with Crippen molar-refractivity contribution in [2.75, 3.05) is 13.1 Å². The van der Waals surface area contributed by atoms with Crippen LogP contribution in [0, 0.1) is 6.92 Å². The van der Waals surface area contributed by atoms with E-state index in [1.165, 1.54) is 0 Å². The number of hydrogen-bond acceptors (Lipinski definition) is 3. The summed E-state index contributed by atoms with van der Waals surface area (Å²) in [5.41, 5.74) is 1.15. The maximum absolute atomic E-state index is 13.7. The molecule has 0 aliphatic carbocycles. The number of halogens is 3. The van der Waals surface area contributed by atoms with Gasteiger partial charge in [-0.25, -0.2) is 9.50 Å². The summed E-state index contributed by atoms with van der Waals surface area (Å²) in [5, 5.41) is 3.95. The van der Waals surface area contributed by atoms with E-state index in [-0.39, 0.29) is 23.4 Å². The number of likely N-dealkylation sites (tertiary alicyclic amines) is 1. The van der Waals surface area contributed by atoms with Crippen LogP contribution in [0.2, 0.25) is 0 Å². The Morgan fingerprint density at radius 1 is 1.23 bits per heavy atom. The summed E-state index contributed by atoms with van der Waals surface area (Å²) in [4.78, 5) is 19.5. The molecule has 1 saturated heterocycles. The maximum Gasteiger partial charge on any atom is 0.433 e. The molecule has 1 aliphatic rings. The Labute approximate surface area is 178 Å². The average molecular weight is 430 g/mol. The molecule has 5 nitrogen and oxygen atoms in total. The van der Waals surface area contributed by atoms with Crippen molar-refractivity contribution >= 4 is 11.6 Å². The molecule has 1 amide bonds. The minimum absolute atomic E-state index is 0.0238. The molecular formula is C23H25F3N4O. The first-order valence-electron chi connectivity index (χ1n) is 10.6. The molecule has 1 fully saturated rings. The first kappa shape index (κ1) is 21.3. The molecule has 0 bridgehead atoms. The molecule has 0 unspecified atom stereocenters. The van der Waals surface area contributed by atoms with E-state index in [1.807, 2.05) is 37.3 Å². The van der Waals surface area contributed by atoms with Crippen LogP contribution < -0.4 is 0 Å². The SMILES string of the molecule is CC[C@@H](C(=O)N1CCC[C@H](c2cc(C(F)(F)F)n3nc(C)cc3n2)C1)c1ccccc1. The van der Waals surface area contributed by atoms with Crippen LogP contribution in [0.15, 0.2) is 42.5 Å². The van der Waals surface area contributed by atoms with E-state index in [1.54, 1.807) is 17.9 Å². The number of carbonyl (C=O) groups excluding carboxylic acids is 1. The third-order valence-corrected chi connectivity index (χ3v) is 5.92. The zero-order valence-corrected chi connectivity index (χ0v) is 17.6. The number of benzene rings is 1. The molecule has 2 aromatic heterocycles. The van der Waals surface area contributed by atoms with Gasteiger partial charge in [-0.2, -0.15) is 18.3 Å². The van der Waals surface area contributed by atoms with Crippen LogP contribution >= 0.6 is 0 Å². The quantitative estimate of drug-likeness (QED) is 0.588. The summed E-state index contributed by atoms with van der Waals surface area (Å²) in [6.07, 6.45) is -2.45. The highest BCUT2D eigenvalue weighted by Gasteiger charge is 2.37. The lowest BCUT2D eigenvalue weighted by molar-refractivity contribution is -0.143. The second kappa shape index (κ2) is 8.32. The first-order chi connectivity index (χ1) is 14.8. The molecule has 4 rings (SSSR count). The van der Waals surface area contributed by atoms with Gasteiger partial charge < -0.3 is 4.90 Å². The second-order valence-corrected chi connectivity index (χ2v) is 8.11. The van der Waals surface area contributed by atoms with Crippen LogP contribution in [-0.4, -0.2) is 38.5 Å². The van der Waals surface area contributed by atoms with Crippen LogP contribution in [0.4, 0.5) is 13.2 Å². The number of piperidine rings is 1. The number of aromatic nitrogens is 3. The number of rotatable bonds is 4. The van der Waals surface area contributed by atoms with Crippen molar-refractivity contribution in [3.63, 3.8) is 0 Å². The zero-order chi connectivity index (χ0) is 22.2. The number of alkyl halides is 3. The van der Waals surface area contributed by atoms with Gasteiger partial charge in [-0.3, -0.25) is 4.79 Å². The minimum Gasteiger partial charge on any atom is -0.342 e. The Bertz CT molecular complexity index is 1080. The van der Waals surface area contributed by atoms with Crippen LogP contribution in [0.5, 0.6) is 0 Å². The molecule has 3 heterocycles. The van der Waals surface area contributed by atoms with Gasteiger partial charge in [0.1, 0.15) is 5.69 Å². The molecule has 3 aromatic rings. The maximum atomic E-state index is 13.7. The Kier molecular flexibility index (Phi) is 5.73.